The molecule has 0 aliphatic carbocycles. The molecule has 0 saturated carbocycles. The van der Waals surface area contributed by atoms with E-state index in [4.69, 9.17) is 43.6 Å². The lowest BCUT2D eigenvalue weighted by atomic mass is 9.97. The van der Waals surface area contributed by atoms with Gasteiger partial charge in [-0.05, 0) is 62.3 Å². The Bertz CT molecular complexity index is 1200. The van der Waals surface area contributed by atoms with Crippen LogP contribution >= 0.6 is 34.8 Å². The molecule has 1 aliphatic heterocycles. The smallest absolute Gasteiger partial charge is 0.249 e. The van der Waals surface area contributed by atoms with Crippen LogP contribution < -0.4 is 0 Å². The van der Waals surface area contributed by atoms with E-state index in [0.29, 0.717) is 44.9 Å². The average molecular weight is 464 g/mol. The molecule has 0 N–H and O–H groups in total. The van der Waals surface area contributed by atoms with Gasteiger partial charge in [0.15, 0.2) is 11.5 Å². The molecule has 3 heterocycles. The quantitative estimate of drug-likeness (QED) is 0.358. The molecule has 0 radical (unpaired) electrons. The van der Waals surface area contributed by atoms with Crippen LogP contribution in [0.15, 0.2) is 45.2 Å². The molecule has 0 atom stereocenters. The first-order valence-electron chi connectivity index (χ1n) is 9.61. The van der Waals surface area contributed by atoms with E-state index in [9.17, 15) is 0 Å². The van der Waals surface area contributed by atoms with Crippen molar-refractivity contribution in [2.45, 2.75) is 25.3 Å². The van der Waals surface area contributed by atoms with E-state index in [1.54, 1.807) is 18.2 Å². The monoisotopic (exact) mass is 462 g/mol. The highest BCUT2D eigenvalue weighted by molar-refractivity contribution is 6.36. The third kappa shape index (κ3) is 4.05. The van der Waals surface area contributed by atoms with Gasteiger partial charge < -0.3 is 8.83 Å². The number of rotatable bonds is 4. The molecule has 9 heteroatoms. The van der Waals surface area contributed by atoms with Gasteiger partial charge in [0, 0.05) is 16.0 Å². The Balaban J connectivity index is 1.22. The van der Waals surface area contributed by atoms with E-state index >= 15 is 0 Å². The molecular weight excluding hydrogens is 447 g/mol. The number of hydrogen-bond donors (Lipinski definition) is 0. The van der Waals surface area contributed by atoms with Gasteiger partial charge in [-0.1, -0.05) is 34.8 Å². The van der Waals surface area contributed by atoms with Gasteiger partial charge in [-0.25, -0.2) is 4.98 Å². The number of benzene rings is 2. The van der Waals surface area contributed by atoms with Gasteiger partial charge in [0.2, 0.25) is 11.8 Å². The zero-order valence-corrected chi connectivity index (χ0v) is 18.1. The van der Waals surface area contributed by atoms with Crippen LogP contribution in [0, 0.1) is 0 Å². The Morgan fingerprint density at radius 2 is 1.70 bits per heavy atom. The highest BCUT2D eigenvalue weighted by Gasteiger charge is 2.26. The largest absolute Gasteiger partial charge is 0.440 e. The van der Waals surface area contributed by atoms with Gasteiger partial charge >= 0.3 is 0 Å². The molecule has 1 saturated heterocycles. The first kappa shape index (κ1) is 19.8. The molecule has 30 heavy (non-hydrogen) atoms. The van der Waals surface area contributed by atoms with Gasteiger partial charge in [-0.2, -0.15) is 0 Å². The van der Waals surface area contributed by atoms with Crippen LogP contribution in [-0.4, -0.2) is 33.2 Å². The van der Waals surface area contributed by atoms with Crippen LogP contribution in [0.1, 0.15) is 30.5 Å². The Labute approximate surface area is 187 Å². The lowest BCUT2D eigenvalue weighted by Gasteiger charge is -2.29. The maximum atomic E-state index is 6.23. The van der Waals surface area contributed by atoms with Crippen LogP contribution in [0.2, 0.25) is 15.1 Å². The summed E-state index contributed by atoms with van der Waals surface area (Å²) in [5, 5.41) is 10.0. The minimum Gasteiger partial charge on any atom is -0.440 e. The molecule has 0 spiro atoms. The summed E-state index contributed by atoms with van der Waals surface area (Å²) in [6.45, 7) is 2.38. The number of aromatic nitrogens is 3. The van der Waals surface area contributed by atoms with E-state index in [1.165, 1.54) is 0 Å². The molecule has 1 aliphatic rings. The fourth-order valence-corrected chi connectivity index (χ4v) is 4.37. The number of oxazole rings is 1. The summed E-state index contributed by atoms with van der Waals surface area (Å²) in [6.07, 6.45) is 1.90. The van der Waals surface area contributed by atoms with Crippen molar-refractivity contribution in [1.29, 1.82) is 0 Å². The van der Waals surface area contributed by atoms with Gasteiger partial charge in [0.25, 0.3) is 0 Å². The van der Waals surface area contributed by atoms with Crippen LogP contribution in [0.3, 0.4) is 0 Å². The lowest BCUT2D eigenvalue weighted by Crippen LogP contribution is -2.32. The second kappa shape index (κ2) is 8.19. The van der Waals surface area contributed by atoms with Crippen LogP contribution in [-0.2, 0) is 6.54 Å². The third-order valence-corrected chi connectivity index (χ3v) is 6.07. The average Bonchev–Trinajstić information content (AvgIpc) is 3.35. The summed E-state index contributed by atoms with van der Waals surface area (Å²) in [7, 11) is 0. The second-order valence-electron chi connectivity index (χ2n) is 7.34. The Hall–Kier alpha value is -2.12. The topological polar surface area (TPSA) is 68.2 Å². The fraction of sp³-hybridized carbons (Fsp3) is 0.286. The maximum absolute atomic E-state index is 6.23. The molecule has 2 aromatic heterocycles. The predicted octanol–water partition coefficient (Wildman–Crippen LogP) is 6.22. The normalized spacial score (nSPS) is 15.8. The number of nitrogens with zero attached hydrogens (tertiary/aromatic N) is 4. The van der Waals surface area contributed by atoms with Crippen molar-refractivity contribution in [3.63, 3.8) is 0 Å². The van der Waals surface area contributed by atoms with E-state index < -0.39 is 0 Å². The summed E-state index contributed by atoms with van der Waals surface area (Å²) in [5.41, 5.74) is 2.25. The molecule has 2 aromatic carbocycles. The minimum absolute atomic E-state index is 0.290. The SMILES string of the molecule is Clc1ccc(-c2nnc(CN3CCC(c4nc5cc(Cl)ccc5o4)CC3)o2)c(Cl)c1. The summed E-state index contributed by atoms with van der Waals surface area (Å²) < 4.78 is 11.8. The van der Waals surface area contributed by atoms with Crippen molar-refractivity contribution >= 4 is 45.9 Å². The van der Waals surface area contributed by atoms with Crippen LogP contribution in [0.25, 0.3) is 22.6 Å². The molecule has 1 fully saturated rings. The zero-order valence-electron chi connectivity index (χ0n) is 15.8. The van der Waals surface area contributed by atoms with E-state index in [0.717, 1.165) is 42.9 Å². The highest BCUT2D eigenvalue weighted by atomic mass is 35.5. The van der Waals surface area contributed by atoms with Gasteiger partial charge in [0.05, 0.1) is 17.1 Å². The Kier molecular flexibility index (Phi) is 5.41. The number of hydrogen-bond acceptors (Lipinski definition) is 6. The van der Waals surface area contributed by atoms with E-state index in [-0.39, 0.29) is 0 Å². The van der Waals surface area contributed by atoms with Crippen molar-refractivity contribution in [3.8, 4) is 11.5 Å². The molecule has 5 rings (SSSR count). The number of likely N-dealkylation sites (tertiary alicyclic amines) is 1. The second-order valence-corrected chi connectivity index (χ2v) is 8.62. The summed E-state index contributed by atoms with van der Waals surface area (Å²) in [5.74, 6) is 2.03. The zero-order chi connectivity index (χ0) is 20.7. The molecule has 0 bridgehead atoms. The molecule has 6 nitrogen and oxygen atoms in total. The van der Waals surface area contributed by atoms with Gasteiger partial charge in [0.1, 0.15) is 5.52 Å². The van der Waals surface area contributed by atoms with E-state index in [1.807, 2.05) is 18.2 Å². The van der Waals surface area contributed by atoms with Crippen molar-refractivity contribution in [3.05, 3.63) is 63.2 Å². The first-order chi connectivity index (χ1) is 14.5. The Morgan fingerprint density at radius 3 is 2.50 bits per heavy atom. The first-order valence-corrected chi connectivity index (χ1v) is 10.7. The van der Waals surface area contributed by atoms with E-state index in [2.05, 4.69) is 20.1 Å². The molecule has 0 amide bonds. The molecule has 0 unspecified atom stereocenters. The van der Waals surface area contributed by atoms with Crippen LogP contribution in [0.5, 0.6) is 0 Å². The molecular formula is C21H17Cl3N4O2. The van der Waals surface area contributed by atoms with Crippen LogP contribution in [0.4, 0.5) is 0 Å². The number of piperidine rings is 1. The number of halogens is 3. The van der Waals surface area contributed by atoms with Gasteiger partial charge in [-0.15, -0.1) is 10.2 Å². The van der Waals surface area contributed by atoms with Crippen molar-refractivity contribution in [1.82, 2.24) is 20.1 Å². The highest BCUT2D eigenvalue weighted by Crippen LogP contribution is 2.32. The molecule has 154 valence electrons. The van der Waals surface area contributed by atoms with Crippen molar-refractivity contribution < 1.29 is 8.83 Å². The maximum Gasteiger partial charge on any atom is 0.249 e. The lowest BCUT2D eigenvalue weighted by molar-refractivity contribution is 0.179. The fourth-order valence-electron chi connectivity index (χ4n) is 3.71. The number of fused-ring (bicyclic) bond motifs is 1. The summed E-state index contributed by atoms with van der Waals surface area (Å²) in [4.78, 5) is 6.91. The Morgan fingerprint density at radius 1 is 0.933 bits per heavy atom. The minimum atomic E-state index is 0.290. The molecule has 4 aromatic rings. The summed E-state index contributed by atoms with van der Waals surface area (Å²) in [6, 6.07) is 10.7. The third-order valence-electron chi connectivity index (χ3n) is 5.29. The summed E-state index contributed by atoms with van der Waals surface area (Å²) >= 11 is 18.2. The van der Waals surface area contributed by atoms with Crippen molar-refractivity contribution in [2.24, 2.45) is 0 Å². The standard InChI is InChI=1S/C21H17Cl3N4O2/c22-13-1-3-15(16(24)9-13)21-27-26-19(30-21)11-28-7-5-12(6-8-28)20-25-17-10-14(23)2-4-18(17)29-20/h1-4,9-10,12H,5-8,11H2. The predicted molar refractivity (Wildman–Crippen MR) is 116 cm³/mol. The van der Waals surface area contributed by atoms with Gasteiger partial charge in [-0.3, -0.25) is 4.90 Å². The van der Waals surface area contributed by atoms with Crippen molar-refractivity contribution in [2.75, 3.05) is 13.1 Å².